The maximum Gasteiger partial charge on any atom is 0.319 e. The average Bonchev–Trinajstić information content (AvgIpc) is 3.30. The lowest BCUT2D eigenvalue weighted by Gasteiger charge is -2.34. The van der Waals surface area contributed by atoms with Crippen molar-refractivity contribution >= 4 is 17.4 Å². The number of carbonyl (C=O) groups excluding carboxylic acids is 1. The molecule has 1 fully saturated rings. The number of rotatable bonds is 5. The van der Waals surface area contributed by atoms with Crippen molar-refractivity contribution in [2.75, 3.05) is 30.4 Å². The number of piperidine rings is 1. The Kier molecular flexibility index (Phi) is 5.65. The summed E-state index contributed by atoms with van der Waals surface area (Å²) in [7, 11) is 1.69. The molecule has 150 valence electrons. The number of nitrogens with one attached hydrogen (secondary N) is 3. The molecule has 7 heteroatoms. The highest BCUT2D eigenvalue weighted by molar-refractivity contribution is 5.89. The first-order chi connectivity index (χ1) is 14.2. The SMILES string of the molecule is COc1ccccc1N1CCC(NC(=O)Nc2ccc(-c3ccn[nH]3)cc2)CC1. The summed E-state index contributed by atoms with van der Waals surface area (Å²) in [6.07, 6.45) is 3.50. The van der Waals surface area contributed by atoms with E-state index in [0.717, 1.165) is 54.3 Å². The number of benzene rings is 2. The summed E-state index contributed by atoms with van der Waals surface area (Å²) in [5, 5.41) is 12.9. The number of carbonyl (C=O) groups is 1. The van der Waals surface area contributed by atoms with E-state index in [2.05, 4.69) is 31.8 Å². The number of amides is 2. The van der Waals surface area contributed by atoms with E-state index >= 15 is 0 Å². The minimum absolute atomic E-state index is 0.158. The van der Waals surface area contributed by atoms with Gasteiger partial charge >= 0.3 is 6.03 Å². The number of aromatic amines is 1. The average molecular weight is 391 g/mol. The molecule has 2 aromatic carbocycles. The van der Waals surface area contributed by atoms with Gasteiger partial charge in [0.2, 0.25) is 0 Å². The maximum atomic E-state index is 12.4. The van der Waals surface area contributed by atoms with E-state index in [1.54, 1.807) is 13.3 Å². The highest BCUT2D eigenvalue weighted by Crippen LogP contribution is 2.29. The van der Waals surface area contributed by atoms with Crippen molar-refractivity contribution in [3.8, 4) is 17.0 Å². The lowest BCUT2D eigenvalue weighted by molar-refractivity contribution is 0.246. The molecular weight excluding hydrogens is 366 g/mol. The van der Waals surface area contributed by atoms with Crippen molar-refractivity contribution < 1.29 is 9.53 Å². The quantitative estimate of drug-likeness (QED) is 0.617. The normalized spacial score (nSPS) is 14.4. The Bertz CT molecular complexity index is 932. The molecule has 3 N–H and O–H groups in total. The Morgan fingerprint density at radius 3 is 2.55 bits per heavy atom. The first kappa shape index (κ1) is 18.9. The van der Waals surface area contributed by atoms with Crippen LogP contribution < -0.4 is 20.3 Å². The minimum Gasteiger partial charge on any atom is -0.495 e. The van der Waals surface area contributed by atoms with E-state index in [1.165, 1.54) is 0 Å². The van der Waals surface area contributed by atoms with E-state index in [9.17, 15) is 4.79 Å². The van der Waals surface area contributed by atoms with Gasteiger partial charge in [-0.3, -0.25) is 5.10 Å². The van der Waals surface area contributed by atoms with Crippen molar-refractivity contribution in [3.63, 3.8) is 0 Å². The first-order valence-electron chi connectivity index (χ1n) is 9.78. The van der Waals surface area contributed by atoms with Gasteiger partial charge in [0.25, 0.3) is 0 Å². The molecule has 0 aliphatic carbocycles. The molecule has 0 spiro atoms. The van der Waals surface area contributed by atoms with Gasteiger partial charge in [-0.2, -0.15) is 5.10 Å². The van der Waals surface area contributed by atoms with Gasteiger partial charge in [-0.1, -0.05) is 24.3 Å². The van der Waals surface area contributed by atoms with Crippen molar-refractivity contribution in [1.29, 1.82) is 0 Å². The summed E-state index contributed by atoms with van der Waals surface area (Å²) in [4.78, 5) is 14.7. The smallest absolute Gasteiger partial charge is 0.319 e. The monoisotopic (exact) mass is 391 g/mol. The van der Waals surface area contributed by atoms with Gasteiger partial charge in [0, 0.05) is 31.0 Å². The fourth-order valence-corrected chi connectivity index (χ4v) is 3.66. The second kappa shape index (κ2) is 8.68. The number of hydrogen-bond donors (Lipinski definition) is 3. The van der Waals surface area contributed by atoms with Crippen LogP contribution in [0.3, 0.4) is 0 Å². The first-order valence-corrected chi connectivity index (χ1v) is 9.78. The molecule has 7 nitrogen and oxygen atoms in total. The number of methoxy groups -OCH3 is 1. The highest BCUT2D eigenvalue weighted by atomic mass is 16.5. The number of para-hydroxylation sites is 2. The van der Waals surface area contributed by atoms with Crippen LogP contribution in [0.5, 0.6) is 5.75 Å². The van der Waals surface area contributed by atoms with Crippen molar-refractivity contribution in [2.45, 2.75) is 18.9 Å². The van der Waals surface area contributed by atoms with Crippen LogP contribution in [0.2, 0.25) is 0 Å². The van der Waals surface area contributed by atoms with Gasteiger partial charge in [-0.25, -0.2) is 4.79 Å². The van der Waals surface area contributed by atoms with Crippen LogP contribution in [0.25, 0.3) is 11.3 Å². The van der Waals surface area contributed by atoms with Crippen LogP contribution >= 0.6 is 0 Å². The van der Waals surface area contributed by atoms with Gasteiger partial charge in [-0.05, 0) is 48.7 Å². The van der Waals surface area contributed by atoms with Crippen molar-refractivity contribution in [1.82, 2.24) is 15.5 Å². The molecule has 29 heavy (non-hydrogen) atoms. The molecule has 0 unspecified atom stereocenters. The number of urea groups is 1. The largest absolute Gasteiger partial charge is 0.495 e. The lowest BCUT2D eigenvalue weighted by atomic mass is 10.0. The highest BCUT2D eigenvalue weighted by Gasteiger charge is 2.22. The number of ether oxygens (including phenoxy) is 1. The second-order valence-corrected chi connectivity index (χ2v) is 7.08. The number of aromatic nitrogens is 2. The van der Waals surface area contributed by atoms with Gasteiger partial charge in [0.1, 0.15) is 5.75 Å². The Morgan fingerprint density at radius 1 is 1.10 bits per heavy atom. The van der Waals surface area contributed by atoms with Crippen LogP contribution in [0.15, 0.2) is 60.8 Å². The lowest BCUT2D eigenvalue weighted by Crippen LogP contribution is -2.46. The van der Waals surface area contributed by atoms with Gasteiger partial charge < -0.3 is 20.3 Å². The number of hydrogen-bond acceptors (Lipinski definition) is 4. The summed E-state index contributed by atoms with van der Waals surface area (Å²) in [5.74, 6) is 0.884. The summed E-state index contributed by atoms with van der Waals surface area (Å²) in [5.41, 5.74) is 3.84. The maximum absolute atomic E-state index is 12.4. The summed E-state index contributed by atoms with van der Waals surface area (Å²) in [6, 6.07) is 17.6. The number of nitrogens with zero attached hydrogens (tertiary/aromatic N) is 2. The van der Waals surface area contributed by atoms with Crippen LogP contribution in [-0.2, 0) is 0 Å². The molecule has 1 aromatic heterocycles. The molecular formula is C22H25N5O2. The predicted octanol–water partition coefficient (Wildman–Crippen LogP) is 3.88. The zero-order valence-electron chi connectivity index (χ0n) is 16.4. The fraction of sp³-hybridized carbons (Fsp3) is 0.273. The minimum atomic E-state index is -0.171. The zero-order chi connectivity index (χ0) is 20.1. The molecule has 3 aromatic rings. The van der Waals surface area contributed by atoms with Crippen LogP contribution in [0, 0.1) is 0 Å². The molecule has 2 amide bonds. The van der Waals surface area contributed by atoms with Crippen LogP contribution in [0.1, 0.15) is 12.8 Å². The molecule has 0 saturated carbocycles. The molecule has 0 atom stereocenters. The van der Waals surface area contributed by atoms with Gasteiger partial charge in [0.05, 0.1) is 18.5 Å². The predicted molar refractivity (Wildman–Crippen MR) is 114 cm³/mol. The zero-order valence-corrected chi connectivity index (χ0v) is 16.4. The molecule has 1 saturated heterocycles. The summed E-state index contributed by atoms with van der Waals surface area (Å²) < 4.78 is 5.46. The summed E-state index contributed by atoms with van der Waals surface area (Å²) >= 11 is 0. The Labute approximate surface area is 170 Å². The van der Waals surface area contributed by atoms with Crippen LogP contribution in [-0.4, -0.2) is 42.5 Å². The third-order valence-corrected chi connectivity index (χ3v) is 5.21. The van der Waals surface area contributed by atoms with E-state index in [0.29, 0.717) is 0 Å². The number of H-pyrrole nitrogens is 1. The molecule has 2 heterocycles. The molecule has 0 radical (unpaired) electrons. The van der Waals surface area contributed by atoms with E-state index in [-0.39, 0.29) is 12.1 Å². The van der Waals surface area contributed by atoms with Gasteiger partial charge in [0.15, 0.2) is 0 Å². The molecule has 1 aliphatic rings. The second-order valence-electron chi connectivity index (χ2n) is 7.08. The fourth-order valence-electron chi connectivity index (χ4n) is 3.66. The Hall–Kier alpha value is -3.48. The topological polar surface area (TPSA) is 82.3 Å². The van der Waals surface area contributed by atoms with Crippen molar-refractivity contribution in [3.05, 3.63) is 60.8 Å². The third-order valence-electron chi connectivity index (χ3n) is 5.21. The standard InChI is InChI=1S/C22H25N5O2/c1-29-21-5-3-2-4-20(21)27-14-11-18(12-15-27)25-22(28)24-17-8-6-16(7-9-17)19-10-13-23-26-19/h2-10,13,18H,11-12,14-15H2,1H3,(H,23,26)(H2,24,25,28). The van der Waals surface area contributed by atoms with Crippen molar-refractivity contribution in [2.24, 2.45) is 0 Å². The van der Waals surface area contributed by atoms with E-state index in [4.69, 9.17) is 4.74 Å². The van der Waals surface area contributed by atoms with Gasteiger partial charge in [-0.15, -0.1) is 0 Å². The molecule has 1 aliphatic heterocycles. The Morgan fingerprint density at radius 2 is 1.86 bits per heavy atom. The third kappa shape index (κ3) is 4.51. The molecule has 4 rings (SSSR count). The van der Waals surface area contributed by atoms with Crippen LogP contribution in [0.4, 0.5) is 16.2 Å². The van der Waals surface area contributed by atoms with E-state index in [1.807, 2.05) is 48.5 Å². The molecule has 0 bridgehead atoms. The Balaban J connectivity index is 1.28. The van der Waals surface area contributed by atoms with E-state index < -0.39 is 0 Å². The number of anilines is 2. The summed E-state index contributed by atoms with van der Waals surface area (Å²) in [6.45, 7) is 1.76.